The van der Waals surface area contributed by atoms with E-state index >= 15 is 0 Å². The molecule has 12 nitrogen and oxygen atoms in total. The van der Waals surface area contributed by atoms with E-state index in [2.05, 4.69) is 284 Å². The van der Waals surface area contributed by atoms with Crippen LogP contribution in [-0.4, -0.2) is 59.8 Å². The predicted octanol–water partition coefficient (Wildman–Crippen LogP) is 27.8. The van der Waals surface area contributed by atoms with Gasteiger partial charge in [-0.1, -0.05) is 300 Å². The first-order valence-electron chi connectivity index (χ1n) is 38.0. The maximum atomic E-state index is 5.08. The molecule has 0 aliphatic carbocycles. The van der Waals surface area contributed by atoms with Gasteiger partial charge in [-0.3, -0.25) is 0 Å². The molecular weight excluding hydrogens is 1710 g/mol. The van der Waals surface area contributed by atoms with Gasteiger partial charge in [-0.15, -0.1) is 0 Å². The van der Waals surface area contributed by atoms with E-state index in [9.17, 15) is 0 Å². The Balaban J connectivity index is 0.000000109. The molecule has 0 atom stereocenters. The zero-order valence-electron chi connectivity index (χ0n) is 62.8. The molecule has 0 unspecified atom stereocenters. The third-order valence-electron chi connectivity index (χ3n) is 19.9. The van der Waals surface area contributed by atoms with Crippen molar-refractivity contribution in [1.29, 1.82) is 0 Å². The van der Waals surface area contributed by atoms with Crippen molar-refractivity contribution in [2.24, 2.45) is 0 Å². The van der Waals surface area contributed by atoms with Gasteiger partial charge in [0, 0.05) is 109 Å². The van der Waals surface area contributed by atoms with E-state index in [1.807, 2.05) is 164 Å². The summed E-state index contributed by atoms with van der Waals surface area (Å²) in [4.78, 5) is 56.8. The summed E-state index contributed by atoms with van der Waals surface area (Å²) < 4.78 is 3.97. The van der Waals surface area contributed by atoms with Crippen LogP contribution in [0.4, 0.5) is 0 Å². The van der Waals surface area contributed by atoms with Crippen LogP contribution in [0, 0.1) is 0 Å². The van der Waals surface area contributed by atoms with E-state index < -0.39 is 0 Å². The van der Waals surface area contributed by atoms with Gasteiger partial charge >= 0.3 is 0 Å². The quantitative estimate of drug-likeness (QED) is 0.121. The van der Waals surface area contributed by atoms with Crippen molar-refractivity contribution in [3.8, 4) is 124 Å². The van der Waals surface area contributed by atoms with Crippen LogP contribution in [0.2, 0.25) is 0 Å². The highest BCUT2D eigenvalue weighted by Crippen LogP contribution is 2.40. The number of fused-ring (bicyclic) bond motifs is 6. The molecule has 0 bridgehead atoms. The van der Waals surface area contributed by atoms with E-state index in [1.165, 1.54) is 27.1 Å². The Labute approximate surface area is 713 Å². The summed E-state index contributed by atoms with van der Waals surface area (Å²) in [6, 6.07) is 124. The highest BCUT2D eigenvalue weighted by Gasteiger charge is 2.20. The van der Waals surface area contributed by atoms with E-state index in [0.717, 1.165) is 135 Å². The Kier molecular flexibility index (Phi) is 22.3. The third kappa shape index (κ3) is 16.9. The van der Waals surface area contributed by atoms with Gasteiger partial charge in [0.25, 0.3) is 0 Å². The molecule has 0 amide bonds. The van der Waals surface area contributed by atoms with Gasteiger partial charge in [-0.25, -0.2) is 59.8 Å². The maximum Gasteiger partial charge on any atom is 0.163 e. The van der Waals surface area contributed by atoms with Crippen molar-refractivity contribution in [3.63, 3.8) is 0 Å². The van der Waals surface area contributed by atoms with Crippen LogP contribution in [0.1, 0.15) is 0 Å². The molecule has 0 fully saturated rings. The van der Waals surface area contributed by atoms with Gasteiger partial charge in [0.05, 0.1) is 22.8 Å². The number of hydrogen-bond acceptors (Lipinski definition) is 12. The highest BCUT2D eigenvalue weighted by atomic mass is 79.9. The number of aromatic nitrogens is 12. The summed E-state index contributed by atoms with van der Waals surface area (Å²) >= 11 is 14.2. The van der Waals surface area contributed by atoms with Crippen molar-refractivity contribution in [2.75, 3.05) is 0 Å². The van der Waals surface area contributed by atoms with Crippen LogP contribution in [-0.2, 0) is 0 Å². The zero-order chi connectivity index (χ0) is 79.7. The van der Waals surface area contributed by atoms with Crippen molar-refractivity contribution in [3.05, 3.63) is 407 Å². The Hall–Kier alpha value is -13.7. The second-order valence-electron chi connectivity index (χ2n) is 27.7. The number of rotatable bonds is 11. The lowest BCUT2D eigenvalue weighted by Crippen LogP contribution is -1.97. The SMILES string of the molecule is Brc1cccc(-c2nc(-c3cc(-c4ccccc4)cc(-c4ccccc4)c3)c3cccnc3n2)c1.Brc1cccc(-c2nc(-c3ccc4ccccc4c3)c3cccnc3n2)c1.Brc1cccc(-c2nc(-c3cccc(-c4ccccc4)c3)c3cccnc3n2)c1.Brc1cccc(-c2nc(-c3cccc4ccccc34)c3cccnc3n2)c1. The minimum Gasteiger partial charge on any atom is -0.236 e. The van der Waals surface area contributed by atoms with Crippen LogP contribution in [0.15, 0.2) is 407 Å². The smallest absolute Gasteiger partial charge is 0.163 e. The summed E-state index contributed by atoms with van der Waals surface area (Å²) in [7, 11) is 0. The average molecular weight is 1780 g/mol. The fourth-order valence-electron chi connectivity index (χ4n) is 14.3. The molecule has 8 aromatic heterocycles. The van der Waals surface area contributed by atoms with Crippen molar-refractivity contribution in [1.82, 2.24) is 59.8 Å². The molecule has 0 radical (unpaired) electrons. The molecule has 0 aliphatic heterocycles. The minimum absolute atomic E-state index is 0.652. The van der Waals surface area contributed by atoms with Crippen molar-refractivity contribution in [2.45, 2.75) is 0 Å². The van der Waals surface area contributed by atoms with Gasteiger partial charge in [0.2, 0.25) is 0 Å². The molecule has 21 aromatic rings. The molecule has 21 rings (SSSR count). The Morgan fingerprint density at radius 1 is 0.161 bits per heavy atom. The third-order valence-corrected chi connectivity index (χ3v) is 21.9. The number of benzene rings is 13. The first-order chi connectivity index (χ1) is 58.1. The van der Waals surface area contributed by atoms with Gasteiger partial charge in [-0.2, -0.15) is 0 Å². The lowest BCUT2D eigenvalue weighted by atomic mass is 9.94. The molecule has 0 saturated carbocycles. The van der Waals surface area contributed by atoms with Crippen LogP contribution >= 0.6 is 63.7 Å². The molecule has 0 aliphatic rings. The molecule has 0 saturated heterocycles. The molecule has 13 aromatic carbocycles. The molecule has 0 N–H and O–H groups in total. The molecule has 8 heterocycles. The Morgan fingerprint density at radius 2 is 0.458 bits per heavy atom. The van der Waals surface area contributed by atoms with E-state index in [1.54, 1.807) is 24.8 Å². The lowest BCUT2D eigenvalue weighted by Gasteiger charge is -2.13. The predicted molar refractivity (Wildman–Crippen MR) is 495 cm³/mol. The Morgan fingerprint density at radius 3 is 0.898 bits per heavy atom. The van der Waals surface area contributed by atoms with Crippen LogP contribution in [0.5, 0.6) is 0 Å². The molecule has 118 heavy (non-hydrogen) atoms. The minimum atomic E-state index is 0.652. The van der Waals surface area contributed by atoms with E-state index in [0.29, 0.717) is 45.9 Å². The standard InChI is InChI=1S/C31H20BrN3.C25H16BrN3.2C23H14BrN3/c32-27-14-7-13-23(20-27)30-34-29(28-15-8-16-33-31(28)35-30)26-18-24(21-9-3-1-4-10-21)17-25(19-26)22-11-5-2-6-12-22;26-21-12-5-11-20(16-21)24-28-23(22-13-6-14-27-25(22)29-24)19-10-4-9-18(15-19)17-7-2-1-3-8-17;24-17-9-3-8-16(14-17)22-26-21(20-12-5-13-25-23(20)27-22)19-11-4-7-15-6-1-2-10-18(15)19;24-19-8-3-7-18(14-19)22-26-21(20-9-4-12-25-23(20)27-22)17-11-10-15-5-1-2-6-16(15)13-17/h1-20H;1-16H;2*1-14H. The first-order valence-corrected chi connectivity index (χ1v) is 41.2. The Bertz CT molecular complexity index is 7220. The van der Waals surface area contributed by atoms with Crippen LogP contribution < -0.4 is 0 Å². The molecular formula is C102H64Br4N12. The van der Waals surface area contributed by atoms with Crippen molar-refractivity contribution < 1.29 is 0 Å². The van der Waals surface area contributed by atoms with Crippen molar-refractivity contribution >= 4 is 129 Å². The summed E-state index contributed by atoms with van der Waals surface area (Å²) in [6.45, 7) is 0. The number of hydrogen-bond donors (Lipinski definition) is 0. The summed E-state index contributed by atoms with van der Waals surface area (Å²) in [5.74, 6) is 2.66. The normalized spacial score (nSPS) is 11.1. The monoisotopic (exact) mass is 1770 g/mol. The van der Waals surface area contributed by atoms with Gasteiger partial charge in [0.15, 0.2) is 45.9 Å². The number of pyridine rings is 4. The van der Waals surface area contributed by atoms with E-state index in [4.69, 9.17) is 39.9 Å². The summed E-state index contributed by atoms with van der Waals surface area (Å²) in [6.07, 6.45) is 7.08. The van der Waals surface area contributed by atoms with Gasteiger partial charge in [0.1, 0.15) is 0 Å². The van der Waals surface area contributed by atoms with Crippen LogP contribution in [0.25, 0.3) is 190 Å². The number of nitrogens with zero attached hydrogens (tertiary/aromatic N) is 12. The van der Waals surface area contributed by atoms with E-state index in [-0.39, 0.29) is 0 Å². The van der Waals surface area contributed by atoms with Crippen LogP contribution in [0.3, 0.4) is 0 Å². The van der Waals surface area contributed by atoms with Gasteiger partial charge in [-0.05, 0) is 182 Å². The summed E-state index contributed by atoms with van der Waals surface area (Å²) in [5, 5.41) is 8.53. The maximum absolute atomic E-state index is 5.08. The summed E-state index contributed by atoms with van der Waals surface area (Å²) in [5.41, 5.74) is 21.3. The second kappa shape index (κ2) is 34.8. The largest absolute Gasteiger partial charge is 0.236 e. The topological polar surface area (TPSA) is 155 Å². The fraction of sp³-hybridized carbons (Fsp3) is 0. The first kappa shape index (κ1) is 75.6. The lowest BCUT2D eigenvalue weighted by molar-refractivity contribution is 1.19. The number of halogens is 4. The highest BCUT2D eigenvalue weighted by molar-refractivity contribution is 9.11. The molecule has 560 valence electrons. The second-order valence-corrected chi connectivity index (χ2v) is 31.4. The average Bonchev–Trinajstić information content (AvgIpc) is 0.746. The zero-order valence-corrected chi connectivity index (χ0v) is 69.2. The fourth-order valence-corrected chi connectivity index (χ4v) is 15.9. The van der Waals surface area contributed by atoms with Gasteiger partial charge < -0.3 is 0 Å². The molecule has 16 heteroatoms. The molecule has 0 spiro atoms.